The van der Waals surface area contributed by atoms with Crippen molar-refractivity contribution in [3.05, 3.63) is 18.0 Å². The first-order chi connectivity index (χ1) is 9.46. The molecule has 1 aliphatic rings. The molecule has 114 valence electrons. The van der Waals surface area contributed by atoms with Gasteiger partial charge >= 0.3 is 0 Å². The van der Waals surface area contributed by atoms with Gasteiger partial charge in [0.15, 0.2) is 0 Å². The predicted molar refractivity (Wildman–Crippen MR) is 79.7 cm³/mol. The van der Waals surface area contributed by atoms with Crippen LogP contribution in [0.25, 0.3) is 0 Å². The summed E-state index contributed by atoms with van der Waals surface area (Å²) in [4.78, 5) is 0.319. The van der Waals surface area contributed by atoms with Gasteiger partial charge in [-0.25, -0.2) is 13.1 Å². The van der Waals surface area contributed by atoms with E-state index in [1.807, 2.05) is 7.05 Å². The molecule has 1 heterocycles. The summed E-state index contributed by atoms with van der Waals surface area (Å²) in [5.74, 6) is 0.645. The maximum absolute atomic E-state index is 12.4. The summed E-state index contributed by atoms with van der Waals surface area (Å²) in [6, 6.07) is 1.72. The average molecular weight is 299 g/mol. The molecule has 0 saturated heterocycles. The number of aromatic nitrogens is 1. The highest BCUT2D eigenvalue weighted by Gasteiger charge is 2.26. The van der Waals surface area contributed by atoms with Crippen molar-refractivity contribution in [3.8, 4) is 0 Å². The summed E-state index contributed by atoms with van der Waals surface area (Å²) in [5.41, 5.74) is 6.41. The Balaban J connectivity index is 2.10. The number of hydrogen-bond acceptors (Lipinski definition) is 3. The molecule has 0 bridgehead atoms. The lowest BCUT2D eigenvalue weighted by Crippen LogP contribution is -2.38. The molecule has 0 aliphatic heterocycles. The second kappa shape index (κ2) is 6.28. The Morgan fingerprint density at radius 3 is 2.80 bits per heavy atom. The van der Waals surface area contributed by atoms with E-state index in [-0.39, 0.29) is 6.04 Å². The summed E-state index contributed by atoms with van der Waals surface area (Å²) in [6.45, 7) is 2.51. The van der Waals surface area contributed by atoms with Crippen LogP contribution in [-0.4, -0.2) is 19.0 Å². The van der Waals surface area contributed by atoms with E-state index in [0.717, 1.165) is 31.4 Å². The zero-order chi connectivity index (χ0) is 14.8. The fourth-order valence-electron chi connectivity index (χ4n) is 2.98. The van der Waals surface area contributed by atoms with E-state index < -0.39 is 10.0 Å². The molecular weight excluding hydrogens is 274 g/mol. The SMILES string of the molecule is CCC1CCCC(NS(=O)(=O)c2cc(CN)n(C)c2)C1. The molecule has 0 radical (unpaired) electrons. The molecule has 1 saturated carbocycles. The van der Waals surface area contributed by atoms with E-state index in [4.69, 9.17) is 5.73 Å². The van der Waals surface area contributed by atoms with Gasteiger partial charge in [-0.15, -0.1) is 0 Å². The lowest BCUT2D eigenvalue weighted by Gasteiger charge is -2.28. The molecule has 1 aromatic heterocycles. The minimum Gasteiger partial charge on any atom is -0.352 e. The van der Waals surface area contributed by atoms with E-state index in [1.54, 1.807) is 16.8 Å². The van der Waals surface area contributed by atoms with Crippen LogP contribution in [0.4, 0.5) is 0 Å². The monoisotopic (exact) mass is 299 g/mol. The van der Waals surface area contributed by atoms with Crippen LogP contribution in [0.15, 0.2) is 17.2 Å². The molecule has 1 aliphatic carbocycles. The van der Waals surface area contributed by atoms with E-state index in [2.05, 4.69) is 11.6 Å². The van der Waals surface area contributed by atoms with Gasteiger partial charge in [0.25, 0.3) is 0 Å². The smallest absolute Gasteiger partial charge is 0.242 e. The van der Waals surface area contributed by atoms with Crippen molar-refractivity contribution in [2.45, 2.75) is 56.5 Å². The molecule has 2 rings (SSSR count). The highest BCUT2D eigenvalue weighted by molar-refractivity contribution is 7.89. The number of rotatable bonds is 5. The molecule has 0 amide bonds. The van der Waals surface area contributed by atoms with Gasteiger partial charge in [0.05, 0.1) is 4.90 Å². The Hall–Kier alpha value is -0.850. The molecule has 5 nitrogen and oxygen atoms in total. The van der Waals surface area contributed by atoms with Crippen molar-refractivity contribution in [2.75, 3.05) is 0 Å². The summed E-state index contributed by atoms with van der Waals surface area (Å²) in [7, 11) is -1.62. The summed E-state index contributed by atoms with van der Waals surface area (Å²) >= 11 is 0. The molecule has 3 N–H and O–H groups in total. The molecule has 2 unspecified atom stereocenters. The third kappa shape index (κ3) is 3.42. The van der Waals surface area contributed by atoms with E-state index >= 15 is 0 Å². The molecule has 6 heteroatoms. The Morgan fingerprint density at radius 2 is 2.20 bits per heavy atom. The van der Waals surface area contributed by atoms with Crippen molar-refractivity contribution in [2.24, 2.45) is 18.7 Å². The van der Waals surface area contributed by atoms with Crippen LogP contribution in [0.5, 0.6) is 0 Å². The van der Waals surface area contributed by atoms with Crippen LogP contribution in [0, 0.1) is 5.92 Å². The molecule has 0 spiro atoms. The van der Waals surface area contributed by atoms with Crippen LogP contribution < -0.4 is 10.5 Å². The standard InChI is InChI=1S/C14H25N3O2S/c1-3-11-5-4-6-12(7-11)16-20(18,19)14-8-13(9-15)17(2)10-14/h8,10-12,16H,3-7,9,15H2,1-2H3. The van der Waals surface area contributed by atoms with Gasteiger partial charge in [-0.2, -0.15) is 0 Å². The van der Waals surface area contributed by atoms with Gasteiger partial charge in [0.1, 0.15) is 0 Å². The van der Waals surface area contributed by atoms with Crippen LogP contribution in [0.1, 0.15) is 44.7 Å². The molecule has 1 fully saturated rings. The van der Waals surface area contributed by atoms with E-state index in [1.165, 1.54) is 6.42 Å². The fraction of sp³-hybridized carbons (Fsp3) is 0.714. The predicted octanol–water partition coefficient (Wildman–Crippen LogP) is 1.73. The van der Waals surface area contributed by atoms with Crippen molar-refractivity contribution in [1.82, 2.24) is 9.29 Å². The van der Waals surface area contributed by atoms with Gasteiger partial charge in [0, 0.05) is 31.5 Å². The minimum atomic E-state index is -3.43. The number of nitrogens with two attached hydrogens (primary N) is 1. The van der Waals surface area contributed by atoms with Gasteiger partial charge in [-0.1, -0.05) is 26.2 Å². The molecule has 1 aromatic rings. The second-order valence-corrected chi connectivity index (χ2v) is 7.46. The Morgan fingerprint density at radius 1 is 1.45 bits per heavy atom. The Bertz CT molecular complexity index is 551. The average Bonchev–Trinajstić information content (AvgIpc) is 2.80. The first kappa shape index (κ1) is 15.5. The van der Waals surface area contributed by atoms with Crippen molar-refractivity contribution in [3.63, 3.8) is 0 Å². The second-order valence-electron chi connectivity index (χ2n) is 5.74. The van der Waals surface area contributed by atoms with Gasteiger partial charge in [-0.05, 0) is 24.8 Å². The maximum Gasteiger partial charge on any atom is 0.242 e. The van der Waals surface area contributed by atoms with Crippen LogP contribution in [0.3, 0.4) is 0 Å². The fourth-order valence-corrected chi connectivity index (χ4v) is 4.36. The normalized spacial score (nSPS) is 23.9. The van der Waals surface area contributed by atoms with Crippen molar-refractivity contribution >= 4 is 10.0 Å². The lowest BCUT2D eigenvalue weighted by molar-refractivity contribution is 0.301. The third-order valence-corrected chi connectivity index (χ3v) is 5.77. The highest BCUT2D eigenvalue weighted by atomic mass is 32.2. The van der Waals surface area contributed by atoms with Gasteiger partial charge in [0.2, 0.25) is 10.0 Å². The molecule has 0 aromatic carbocycles. The zero-order valence-corrected chi connectivity index (χ0v) is 13.1. The summed E-state index contributed by atoms with van der Waals surface area (Å²) in [5, 5.41) is 0. The topological polar surface area (TPSA) is 77.1 Å². The summed E-state index contributed by atoms with van der Waals surface area (Å²) in [6.07, 6.45) is 6.97. The number of nitrogens with zero attached hydrogens (tertiary/aromatic N) is 1. The summed E-state index contributed by atoms with van der Waals surface area (Å²) < 4.78 is 29.4. The Labute approximate surface area is 121 Å². The Kier molecular flexibility index (Phi) is 4.88. The van der Waals surface area contributed by atoms with Crippen molar-refractivity contribution in [1.29, 1.82) is 0 Å². The van der Waals surface area contributed by atoms with Crippen molar-refractivity contribution < 1.29 is 8.42 Å². The largest absolute Gasteiger partial charge is 0.352 e. The van der Waals surface area contributed by atoms with Gasteiger partial charge < -0.3 is 10.3 Å². The highest BCUT2D eigenvalue weighted by Crippen LogP contribution is 2.27. The molecule has 2 atom stereocenters. The lowest BCUT2D eigenvalue weighted by atomic mass is 9.85. The van der Waals surface area contributed by atoms with Crippen LogP contribution >= 0.6 is 0 Å². The quantitative estimate of drug-likeness (QED) is 0.869. The maximum atomic E-state index is 12.4. The minimum absolute atomic E-state index is 0.0697. The zero-order valence-electron chi connectivity index (χ0n) is 12.3. The number of sulfonamides is 1. The first-order valence-corrected chi connectivity index (χ1v) is 8.82. The molecule has 20 heavy (non-hydrogen) atoms. The van der Waals surface area contributed by atoms with E-state index in [0.29, 0.717) is 17.4 Å². The van der Waals surface area contributed by atoms with Crippen LogP contribution in [-0.2, 0) is 23.6 Å². The van der Waals surface area contributed by atoms with Gasteiger partial charge in [-0.3, -0.25) is 0 Å². The number of nitrogens with one attached hydrogen (secondary N) is 1. The molecular formula is C14H25N3O2S. The third-order valence-electron chi connectivity index (χ3n) is 4.28. The first-order valence-electron chi connectivity index (χ1n) is 7.34. The number of hydrogen-bond donors (Lipinski definition) is 2. The van der Waals surface area contributed by atoms with Crippen LogP contribution in [0.2, 0.25) is 0 Å². The number of aryl methyl sites for hydroxylation is 1. The van der Waals surface area contributed by atoms with E-state index in [9.17, 15) is 8.42 Å².